The zero-order valence-corrected chi connectivity index (χ0v) is 7.93. The molecule has 0 atom stereocenters. The minimum absolute atomic E-state index is 0.0161. The maximum atomic E-state index is 11.2. The number of nitrogens with zero attached hydrogens (tertiary/aromatic N) is 3. The van der Waals surface area contributed by atoms with Crippen molar-refractivity contribution in [1.29, 1.82) is 0 Å². The molecule has 0 amide bonds. The molecule has 0 spiro atoms. The lowest BCUT2D eigenvalue weighted by atomic mass is 10.4. The van der Waals surface area contributed by atoms with Crippen LogP contribution in [-0.2, 0) is 4.74 Å². The molecule has 1 aromatic rings. The van der Waals surface area contributed by atoms with Gasteiger partial charge in [0.05, 0.1) is 6.61 Å². The Morgan fingerprint density at radius 2 is 2.36 bits per heavy atom. The van der Waals surface area contributed by atoms with Crippen LogP contribution in [0.5, 0.6) is 0 Å². The Hall–Kier alpha value is -1.72. The van der Waals surface area contributed by atoms with Gasteiger partial charge in [-0.2, -0.15) is 4.98 Å². The van der Waals surface area contributed by atoms with Gasteiger partial charge in [0.2, 0.25) is 11.8 Å². The van der Waals surface area contributed by atoms with E-state index in [1.54, 1.807) is 0 Å². The number of esters is 1. The van der Waals surface area contributed by atoms with Crippen molar-refractivity contribution in [3.05, 3.63) is 12.2 Å². The Morgan fingerprint density at radius 3 is 3.00 bits per heavy atom. The van der Waals surface area contributed by atoms with Crippen molar-refractivity contribution in [2.24, 2.45) is 0 Å². The first kappa shape index (κ1) is 10.4. The van der Waals surface area contributed by atoms with Crippen LogP contribution in [0.2, 0.25) is 0 Å². The van der Waals surface area contributed by atoms with E-state index in [0.29, 0.717) is 6.61 Å². The zero-order valence-electron chi connectivity index (χ0n) is 7.93. The van der Waals surface area contributed by atoms with E-state index >= 15 is 0 Å². The van der Waals surface area contributed by atoms with E-state index in [2.05, 4.69) is 15.0 Å². The zero-order chi connectivity index (χ0) is 10.4. The van der Waals surface area contributed by atoms with Gasteiger partial charge in [-0.1, -0.05) is 13.3 Å². The van der Waals surface area contributed by atoms with Gasteiger partial charge in [-0.3, -0.25) is 0 Å². The fraction of sp³-hybridized carbons (Fsp3) is 0.500. The van der Waals surface area contributed by atoms with E-state index in [4.69, 9.17) is 10.5 Å². The number of carbonyl (C=O) groups excluding carboxylic acids is 1. The second-order valence-electron chi connectivity index (χ2n) is 2.66. The summed E-state index contributed by atoms with van der Waals surface area (Å²) in [6.45, 7) is 2.38. The first-order valence-electron chi connectivity index (χ1n) is 4.35. The largest absolute Gasteiger partial charge is 0.460 e. The molecule has 1 aromatic heterocycles. The molecule has 6 heteroatoms. The van der Waals surface area contributed by atoms with Crippen LogP contribution in [-0.4, -0.2) is 27.5 Å². The smallest absolute Gasteiger partial charge is 0.376 e. The molecule has 0 bridgehead atoms. The summed E-state index contributed by atoms with van der Waals surface area (Å²) < 4.78 is 4.88. The van der Waals surface area contributed by atoms with Crippen molar-refractivity contribution >= 4 is 11.9 Å². The monoisotopic (exact) mass is 196 g/mol. The van der Waals surface area contributed by atoms with Crippen LogP contribution in [0.3, 0.4) is 0 Å². The summed E-state index contributed by atoms with van der Waals surface area (Å²) in [6.07, 6.45) is 2.97. The molecule has 0 saturated heterocycles. The standard InChI is InChI=1S/C8H12N4O2/c1-2-3-4-14-7(13)6-10-5-11-8(9)12-6/h5H,2-4H2,1H3,(H2,9,10,11,12). The fourth-order valence-electron chi connectivity index (χ4n) is 0.781. The Bertz CT molecular complexity index is 316. The quantitative estimate of drug-likeness (QED) is 0.554. The second-order valence-corrected chi connectivity index (χ2v) is 2.66. The van der Waals surface area contributed by atoms with Crippen molar-refractivity contribution < 1.29 is 9.53 Å². The SMILES string of the molecule is CCCCOC(=O)c1ncnc(N)n1. The van der Waals surface area contributed by atoms with Gasteiger partial charge in [0.15, 0.2) is 0 Å². The molecule has 0 aliphatic heterocycles. The number of nitrogen functional groups attached to an aromatic ring is 1. The topological polar surface area (TPSA) is 91.0 Å². The van der Waals surface area contributed by atoms with Gasteiger partial charge in [-0.05, 0) is 6.42 Å². The summed E-state index contributed by atoms with van der Waals surface area (Å²) in [5.74, 6) is -0.594. The lowest BCUT2D eigenvalue weighted by Crippen LogP contribution is -2.12. The lowest BCUT2D eigenvalue weighted by Gasteiger charge is -2.01. The van der Waals surface area contributed by atoms with Gasteiger partial charge in [0, 0.05) is 0 Å². The summed E-state index contributed by atoms with van der Waals surface area (Å²) >= 11 is 0. The van der Waals surface area contributed by atoms with E-state index in [-0.39, 0.29) is 11.8 Å². The molecule has 0 aromatic carbocycles. The van der Waals surface area contributed by atoms with E-state index in [0.717, 1.165) is 12.8 Å². The maximum Gasteiger partial charge on any atom is 0.376 e. The highest BCUT2D eigenvalue weighted by Gasteiger charge is 2.10. The molecule has 0 aliphatic carbocycles. The van der Waals surface area contributed by atoms with Crippen LogP contribution in [0.25, 0.3) is 0 Å². The minimum atomic E-state index is -0.562. The van der Waals surface area contributed by atoms with Crippen LogP contribution >= 0.6 is 0 Å². The van der Waals surface area contributed by atoms with Gasteiger partial charge in [-0.15, -0.1) is 0 Å². The predicted octanol–water partition coefficient (Wildman–Crippen LogP) is 0.411. The van der Waals surface area contributed by atoms with Crippen molar-refractivity contribution in [3.8, 4) is 0 Å². The van der Waals surface area contributed by atoms with Crippen LogP contribution < -0.4 is 5.73 Å². The highest BCUT2D eigenvalue weighted by Crippen LogP contribution is 1.96. The molecular formula is C8H12N4O2. The van der Waals surface area contributed by atoms with Gasteiger partial charge in [0.25, 0.3) is 0 Å². The van der Waals surface area contributed by atoms with E-state index in [1.165, 1.54) is 6.33 Å². The molecule has 14 heavy (non-hydrogen) atoms. The number of ether oxygens (including phenoxy) is 1. The van der Waals surface area contributed by atoms with Crippen molar-refractivity contribution in [2.45, 2.75) is 19.8 Å². The third-order valence-corrected chi connectivity index (χ3v) is 1.50. The van der Waals surface area contributed by atoms with Gasteiger partial charge in [0.1, 0.15) is 6.33 Å². The third kappa shape index (κ3) is 2.96. The molecule has 76 valence electrons. The summed E-state index contributed by atoms with van der Waals surface area (Å²) in [6, 6.07) is 0. The summed E-state index contributed by atoms with van der Waals surface area (Å²) in [5, 5.41) is 0. The van der Waals surface area contributed by atoms with E-state index < -0.39 is 5.97 Å². The Morgan fingerprint density at radius 1 is 1.57 bits per heavy atom. The van der Waals surface area contributed by atoms with E-state index in [9.17, 15) is 4.79 Å². The minimum Gasteiger partial charge on any atom is -0.460 e. The van der Waals surface area contributed by atoms with Gasteiger partial charge in [-0.25, -0.2) is 14.8 Å². The number of carbonyl (C=O) groups is 1. The number of rotatable bonds is 4. The number of anilines is 1. The first-order chi connectivity index (χ1) is 6.74. The fourth-order valence-corrected chi connectivity index (χ4v) is 0.781. The Labute approximate surface area is 81.5 Å². The number of hydrogen-bond acceptors (Lipinski definition) is 6. The predicted molar refractivity (Wildman–Crippen MR) is 49.4 cm³/mol. The van der Waals surface area contributed by atoms with Crippen LogP contribution in [0.1, 0.15) is 30.4 Å². The molecule has 0 fully saturated rings. The lowest BCUT2D eigenvalue weighted by molar-refractivity contribution is 0.0485. The molecule has 6 nitrogen and oxygen atoms in total. The maximum absolute atomic E-state index is 11.2. The average molecular weight is 196 g/mol. The summed E-state index contributed by atoms with van der Waals surface area (Å²) in [5.41, 5.74) is 5.28. The number of nitrogens with two attached hydrogens (primary N) is 1. The van der Waals surface area contributed by atoms with E-state index in [1.807, 2.05) is 6.92 Å². The van der Waals surface area contributed by atoms with Crippen molar-refractivity contribution in [1.82, 2.24) is 15.0 Å². The third-order valence-electron chi connectivity index (χ3n) is 1.50. The van der Waals surface area contributed by atoms with Crippen LogP contribution in [0, 0.1) is 0 Å². The molecule has 0 saturated carbocycles. The Kier molecular flexibility index (Phi) is 3.78. The highest BCUT2D eigenvalue weighted by molar-refractivity contribution is 5.85. The average Bonchev–Trinajstić information content (AvgIpc) is 2.18. The van der Waals surface area contributed by atoms with Crippen LogP contribution in [0.15, 0.2) is 6.33 Å². The molecule has 1 heterocycles. The summed E-state index contributed by atoms with van der Waals surface area (Å²) in [4.78, 5) is 22.1. The van der Waals surface area contributed by atoms with Gasteiger partial charge < -0.3 is 10.5 Å². The highest BCUT2D eigenvalue weighted by atomic mass is 16.5. The number of aromatic nitrogens is 3. The molecule has 0 radical (unpaired) electrons. The normalized spacial score (nSPS) is 9.79. The van der Waals surface area contributed by atoms with Gasteiger partial charge >= 0.3 is 5.97 Å². The second kappa shape index (κ2) is 5.11. The van der Waals surface area contributed by atoms with Crippen molar-refractivity contribution in [3.63, 3.8) is 0 Å². The first-order valence-corrected chi connectivity index (χ1v) is 4.35. The molecule has 0 unspecified atom stereocenters. The number of hydrogen-bond donors (Lipinski definition) is 1. The summed E-state index contributed by atoms with van der Waals surface area (Å²) in [7, 11) is 0. The molecular weight excluding hydrogens is 184 g/mol. The Balaban J connectivity index is 2.52. The molecule has 1 rings (SSSR count). The molecule has 0 aliphatic rings. The van der Waals surface area contributed by atoms with Crippen molar-refractivity contribution in [2.75, 3.05) is 12.3 Å². The number of unbranched alkanes of at least 4 members (excludes halogenated alkanes) is 1. The molecule has 2 N–H and O–H groups in total. The van der Waals surface area contributed by atoms with Crippen LogP contribution in [0.4, 0.5) is 5.95 Å².